The molecule has 1 aromatic carbocycles. The number of alkyl halides is 2. The highest BCUT2D eigenvalue weighted by Crippen LogP contribution is 2.63. The van der Waals surface area contributed by atoms with Gasteiger partial charge in [0.25, 0.3) is 0 Å². The van der Waals surface area contributed by atoms with E-state index in [-0.39, 0.29) is 11.9 Å². The predicted molar refractivity (Wildman–Crippen MR) is 84.5 cm³/mol. The number of rotatable bonds is 5. The van der Waals surface area contributed by atoms with E-state index >= 15 is 0 Å². The lowest BCUT2D eigenvalue weighted by atomic mass is 10.1. The van der Waals surface area contributed by atoms with Crippen LogP contribution in [0.1, 0.15) is 20.3 Å². The first kappa shape index (κ1) is 15.5. The minimum atomic E-state index is -0.911. The van der Waals surface area contributed by atoms with E-state index < -0.39 is 9.75 Å². The highest BCUT2D eigenvalue weighted by Gasteiger charge is 2.67. The second-order valence-electron chi connectivity index (χ2n) is 5.72. The van der Waals surface area contributed by atoms with Crippen molar-refractivity contribution < 1.29 is 4.79 Å². The molecule has 1 N–H and O–H groups in total. The molecule has 0 aliphatic heterocycles. The third-order valence-corrected chi connectivity index (χ3v) is 5.24. The lowest BCUT2D eigenvalue weighted by molar-refractivity contribution is -0.125. The van der Waals surface area contributed by atoms with Gasteiger partial charge in [-0.05, 0) is 32.4 Å². The highest BCUT2D eigenvalue weighted by molar-refractivity contribution is 6.53. The van der Waals surface area contributed by atoms with Crippen LogP contribution in [-0.4, -0.2) is 29.9 Å². The number of hydrogen-bond acceptors (Lipinski definition) is 2. The fourth-order valence-electron chi connectivity index (χ4n) is 2.14. The lowest BCUT2D eigenvalue weighted by Gasteiger charge is -2.27. The zero-order valence-electron chi connectivity index (χ0n) is 12.0. The summed E-state index contributed by atoms with van der Waals surface area (Å²) in [5.74, 6) is -0.0733. The van der Waals surface area contributed by atoms with Crippen molar-refractivity contribution in [3.05, 3.63) is 30.3 Å². The number of likely N-dealkylation sites (N-methyl/N-ethyl adjacent to an activating group) is 1. The Morgan fingerprint density at radius 3 is 2.45 bits per heavy atom. The summed E-state index contributed by atoms with van der Waals surface area (Å²) in [6.45, 7) is 4.43. The van der Waals surface area contributed by atoms with E-state index in [1.807, 2.05) is 37.4 Å². The first-order valence-electron chi connectivity index (χ1n) is 6.72. The van der Waals surface area contributed by atoms with Gasteiger partial charge in [-0.3, -0.25) is 4.79 Å². The van der Waals surface area contributed by atoms with Gasteiger partial charge < -0.3 is 10.2 Å². The van der Waals surface area contributed by atoms with Crippen LogP contribution in [0.25, 0.3) is 0 Å². The van der Waals surface area contributed by atoms with Gasteiger partial charge in [0.15, 0.2) is 0 Å². The number of carbonyl (C=O) groups excluding carboxylic acids is 1. The van der Waals surface area contributed by atoms with Crippen LogP contribution >= 0.6 is 23.2 Å². The molecule has 1 aliphatic rings. The van der Waals surface area contributed by atoms with E-state index in [1.54, 1.807) is 6.92 Å². The molecule has 1 aliphatic carbocycles. The number of anilines is 1. The molecule has 3 nitrogen and oxygen atoms in total. The van der Waals surface area contributed by atoms with E-state index in [2.05, 4.69) is 17.1 Å². The van der Waals surface area contributed by atoms with Crippen LogP contribution in [0.15, 0.2) is 30.3 Å². The maximum Gasteiger partial charge on any atom is 0.229 e. The van der Waals surface area contributed by atoms with Crippen molar-refractivity contribution in [2.75, 3.05) is 18.5 Å². The summed E-state index contributed by atoms with van der Waals surface area (Å²) in [5, 5.41) is 2.94. The average molecular weight is 315 g/mol. The van der Waals surface area contributed by atoms with Crippen LogP contribution in [-0.2, 0) is 4.79 Å². The van der Waals surface area contributed by atoms with E-state index in [9.17, 15) is 4.79 Å². The summed E-state index contributed by atoms with van der Waals surface area (Å²) in [6, 6.07) is 10.3. The molecule has 5 heteroatoms. The molecule has 1 saturated carbocycles. The topological polar surface area (TPSA) is 32.3 Å². The van der Waals surface area contributed by atoms with Crippen LogP contribution in [0, 0.1) is 5.41 Å². The van der Waals surface area contributed by atoms with Crippen molar-refractivity contribution in [3.63, 3.8) is 0 Å². The van der Waals surface area contributed by atoms with Crippen LogP contribution in [0.4, 0.5) is 5.69 Å². The molecule has 0 spiro atoms. The van der Waals surface area contributed by atoms with E-state index in [0.717, 1.165) is 5.69 Å². The Balaban J connectivity index is 1.87. The van der Waals surface area contributed by atoms with Crippen molar-refractivity contribution in [1.82, 2.24) is 5.32 Å². The summed E-state index contributed by atoms with van der Waals surface area (Å²) in [5.41, 5.74) is 0.470. The zero-order valence-corrected chi connectivity index (χ0v) is 13.5. The smallest absolute Gasteiger partial charge is 0.229 e. The fraction of sp³-hybridized carbons (Fsp3) is 0.533. The fourth-order valence-corrected chi connectivity index (χ4v) is 2.84. The van der Waals surface area contributed by atoms with Gasteiger partial charge in [-0.15, -0.1) is 23.2 Å². The molecule has 2 atom stereocenters. The monoisotopic (exact) mass is 314 g/mol. The van der Waals surface area contributed by atoms with Crippen molar-refractivity contribution in [2.45, 2.75) is 30.6 Å². The number of amides is 1. The van der Waals surface area contributed by atoms with Gasteiger partial charge in [0.05, 0.1) is 5.41 Å². The van der Waals surface area contributed by atoms with Gasteiger partial charge in [-0.1, -0.05) is 18.2 Å². The molecule has 1 aromatic rings. The number of para-hydroxylation sites is 1. The number of nitrogens with one attached hydrogen (secondary N) is 1. The van der Waals surface area contributed by atoms with Crippen LogP contribution in [0.3, 0.4) is 0 Å². The van der Waals surface area contributed by atoms with E-state index in [0.29, 0.717) is 13.0 Å². The maximum atomic E-state index is 12.1. The Morgan fingerprint density at radius 1 is 1.40 bits per heavy atom. The molecular formula is C15H20Cl2N2O. The standard InChI is InChI=1S/C15H20Cl2N2O/c1-11(19(3)12-7-5-4-6-8-12)9-18-13(20)14(2)10-15(14,16)17/h4-8,11H,9-10H2,1-3H3,(H,18,20)/t11-,14-/m1/s1. The first-order valence-corrected chi connectivity index (χ1v) is 7.47. The molecule has 0 heterocycles. The number of nitrogens with zero attached hydrogens (tertiary/aromatic N) is 1. The molecule has 0 unspecified atom stereocenters. The van der Waals surface area contributed by atoms with Gasteiger partial charge >= 0.3 is 0 Å². The highest BCUT2D eigenvalue weighted by atomic mass is 35.5. The zero-order chi connectivity index (χ0) is 15.0. The molecular weight excluding hydrogens is 295 g/mol. The lowest BCUT2D eigenvalue weighted by Crippen LogP contribution is -2.43. The van der Waals surface area contributed by atoms with Crippen LogP contribution in [0.5, 0.6) is 0 Å². The molecule has 1 amide bonds. The number of carbonyl (C=O) groups is 1. The van der Waals surface area contributed by atoms with Gasteiger partial charge in [0.1, 0.15) is 4.33 Å². The molecule has 0 saturated heterocycles. The van der Waals surface area contributed by atoms with Crippen molar-refractivity contribution >= 4 is 34.8 Å². The van der Waals surface area contributed by atoms with Crippen molar-refractivity contribution in [2.24, 2.45) is 5.41 Å². The van der Waals surface area contributed by atoms with Gasteiger partial charge in [0, 0.05) is 25.3 Å². The third kappa shape index (κ3) is 2.89. The molecule has 2 rings (SSSR count). The number of halogens is 2. The summed E-state index contributed by atoms with van der Waals surface area (Å²) in [7, 11) is 2.01. The Labute approximate surface area is 130 Å². The van der Waals surface area contributed by atoms with Gasteiger partial charge in [-0.2, -0.15) is 0 Å². The molecule has 0 radical (unpaired) electrons. The average Bonchev–Trinajstić information content (AvgIpc) is 2.96. The number of hydrogen-bond donors (Lipinski definition) is 1. The Bertz CT molecular complexity index is 492. The first-order chi connectivity index (χ1) is 9.28. The van der Waals surface area contributed by atoms with Crippen LogP contribution < -0.4 is 10.2 Å². The second-order valence-corrected chi connectivity index (χ2v) is 7.20. The molecule has 1 fully saturated rings. The maximum absolute atomic E-state index is 12.1. The van der Waals surface area contributed by atoms with Crippen molar-refractivity contribution in [1.29, 1.82) is 0 Å². The molecule has 110 valence electrons. The summed E-state index contributed by atoms with van der Waals surface area (Å²) < 4.78 is -0.911. The second kappa shape index (κ2) is 5.45. The largest absolute Gasteiger partial charge is 0.370 e. The molecule has 20 heavy (non-hydrogen) atoms. The van der Waals surface area contributed by atoms with Gasteiger partial charge in [-0.25, -0.2) is 0 Å². The van der Waals surface area contributed by atoms with Crippen LogP contribution in [0.2, 0.25) is 0 Å². The Hall–Kier alpha value is -0.930. The van der Waals surface area contributed by atoms with Gasteiger partial charge in [0.2, 0.25) is 5.91 Å². The van der Waals surface area contributed by atoms with E-state index in [4.69, 9.17) is 23.2 Å². The Kier molecular flexibility index (Phi) is 4.22. The van der Waals surface area contributed by atoms with E-state index in [1.165, 1.54) is 0 Å². The molecule has 0 aromatic heterocycles. The number of benzene rings is 1. The minimum absolute atomic E-state index is 0.0733. The minimum Gasteiger partial charge on any atom is -0.370 e. The quantitative estimate of drug-likeness (QED) is 0.846. The SMILES string of the molecule is C[C@H](CNC(=O)[C@@]1(C)CC1(Cl)Cl)N(C)c1ccccc1. The summed E-state index contributed by atoms with van der Waals surface area (Å²) >= 11 is 12.0. The Morgan fingerprint density at radius 2 is 1.95 bits per heavy atom. The van der Waals surface area contributed by atoms with Crippen molar-refractivity contribution in [3.8, 4) is 0 Å². The summed E-state index contributed by atoms with van der Waals surface area (Å²) in [4.78, 5) is 14.2. The third-order valence-electron chi connectivity index (χ3n) is 4.14. The summed E-state index contributed by atoms with van der Waals surface area (Å²) in [6.07, 6.45) is 0.512. The predicted octanol–water partition coefficient (Wildman–Crippen LogP) is 3.21. The molecule has 0 bridgehead atoms. The normalized spacial score (nSPS) is 24.9.